The fourth-order valence-electron chi connectivity index (χ4n) is 2.35. The highest BCUT2D eigenvalue weighted by Gasteiger charge is 2.34. The normalized spacial score (nSPS) is 16.1. The molecule has 1 aromatic rings. The van der Waals surface area contributed by atoms with E-state index in [0.29, 0.717) is 16.3 Å². The lowest BCUT2D eigenvalue weighted by atomic mass is 9.72. The van der Waals surface area contributed by atoms with Gasteiger partial charge in [-0.15, -0.1) is 0 Å². The number of Topliss-reactive ketones (excluding diaryl/α,β-unsaturated/α-hetero) is 1. The van der Waals surface area contributed by atoms with Crippen LogP contribution in [0.1, 0.15) is 41.5 Å². The van der Waals surface area contributed by atoms with Gasteiger partial charge in [0.05, 0.1) is 11.9 Å². The van der Waals surface area contributed by atoms with Gasteiger partial charge in [-0.05, 0) is 23.0 Å². The van der Waals surface area contributed by atoms with Crippen molar-refractivity contribution < 1.29 is 9.52 Å². The van der Waals surface area contributed by atoms with E-state index >= 15 is 0 Å². The Kier molecular flexibility index (Phi) is 4.24. The van der Waals surface area contributed by atoms with Crippen molar-refractivity contribution in [1.82, 2.24) is 4.98 Å². The van der Waals surface area contributed by atoms with Gasteiger partial charge >= 0.3 is 0 Å². The molecule has 0 saturated heterocycles. The van der Waals surface area contributed by atoms with Crippen molar-refractivity contribution in [3.8, 4) is 0 Å². The summed E-state index contributed by atoms with van der Waals surface area (Å²) >= 11 is 0. The summed E-state index contributed by atoms with van der Waals surface area (Å²) in [6, 6.07) is 0. The first-order valence-electron chi connectivity index (χ1n) is 7.61. The molecule has 0 fully saturated rings. The number of nitrogens with zero attached hydrogens (tertiary/aromatic N) is 3. The molecule has 1 aliphatic carbocycles. The van der Waals surface area contributed by atoms with E-state index in [-0.39, 0.29) is 16.6 Å². The minimum Gasteiger partial charge on any atom is -0.619 e. The lowest BCUT2D eigenvalue weighted by Crippen LogP contribution is -2.29. The van der Waals surface area contributed by atoms with Gasteiger partial charge in [0.25, 0.3) is 0 Å². The van der Waals surface area contributed by atoms with Crippen LogP contribution in [0.25, 0.3) is 0 Å². The quantitative estimate of drug-likeness (QED) is 0.454. The Morgan fingerprint density at radius 3 is 2.00 bits per heavy atom. The van der Waals surface area contributed by atoms with Crippen LogP contribution in [0.15, 0.2) is 46.9 Å². The zero-order valence-corrected chi connectivity index (χ0v) is 14.5. The molecule has 0 amide bonds. The van der Waals surface area contributed by atoms with Crippen LogP contribution in [0.3, 0.4) is 0 Å². The molecule has 0 aromatic carbocycles. The Balaban J connectivity index is 2.58. The molecule has 122 valence electrons. The lowest BCUT2D eigenvalue weighted by Gasteiger charge is -2.30. The first-order chi connectivity index (χ1) is 10.5. The van der Waals surface area contributed by atoms with Crippen LogP contribution in [0.4, 0.5) is 5.82 Å². The van der Waals surface area contributed by atoms with E-state index in [0.717, 1.165) is 11.1 Å². The summed E-state index contributed by atoms with van der Waals surface area (Å²) in [4.78, 5) is 21.3. The van der Waals surface area contributed by atoms with Gasteiger partial charge in [-0.1, -0.05) is 41.5 Å². The number of aliphatic imine (C=N–C) groups is 1. The van der Waals surface area contributed by atoms with Gasteiger partial charge in [0.2, 0.25) is 12.0 Å². The third-order valence-electron chi connectivity index (χ3n) is 3.60. The van der Waals surface area contributed by atoms with Crippen LogP contribution in [-0.2, 0) is 4.79 Å². The van der Waals surface area contributed by atoms with E-state index in [2.05, 4.69) is 9.98 Å². The molecule has 1 aromatic heterocycles. The highest BCUT2D eigenvalue weighted by atomic mass is 16.5. The average Bonchev–Trinajstić information content (AvgIpc) is 2.38. The Morgan fingerprint density at radius 1 is 1.04 bits per heavy atom. The molecular weight excluding hydrogens is 290 g/mol. The molecule has 1 aliphatic rings. The van der Waals surface area contributed by atoms with Crippen molar-refractivity contribution in [2.45, 2.75) is 41.5 Å². The van der Waals surface area contributed by atoms with Gasteiger partial charge in [0, 0.05) is 11.1 Å². The Bertz CT molecular complexity index is 693. The standard InChI is InChI=1S/C18H23N3O2/c1-17(2,3)13-9-12(10-14(16(13)22)18(4,5)6)20-15-11-21(23)8-7-19-15/h7-11H,1-6H3. The average molecular weight is 313 g/mol. The zero-order chi connectivity index (χ0) is 17.4. The number of allylic oxidation sites excluding steroid dienone is 4. The van der Waals surface area contributed by atoms with Crippen molar-refractivity contribution >= 4 is 17.3 Å². The second-order valence-corrected chi connectivity index (χ2v) is 7.76. The van der Waals surface area contributed by atoms with Gasteiger partial charge in [-0.2, -0.15) is 4.73 Å². The van der Waals surface area contributed by atoms with Gasteiger partial charge in [-0.3, -0.25) is 4.79 Å². The predicted molar refractivity (Wildman–Crippen MR) is 90.4 cm³/mol. The molecule has 23 heavy (non-hydrogen) atoms. The summed E-state index contributed by atoms with van der Waals surface area (Å²) in [6.45, 7) is 12.0. The monoisotopic (exact) mass is 313 g/mol. The van der Waals surface area contributed by atoms with Gasteiger partial charge < -0.3 is 5.21 Å². The molecule has 0 bridgehead atoms. The van der Waals surface area contributed by atoms with Crippen LogP contribution in [0.2, 0.25) is 0 Å². The van der Waals surface area contributed by atoms with E-state index in [1.54, 1.807) is 12.2 Å². The summed E-state index contributed by atoms with van der Waals surface area (Å²) in [5.41, 5.74) is 1.50. The van der Waals surface area contributed by atoms with Crippen LogP contribution in [0.5, 0.6) is 0 Å². The predicted octanol–water partition coefficient (Wildman–Crippen LogP) is 3.32. The number of aromatic nitrogens is 2. The maximum Gasteiger partial charge on any atom is 0.225 e. The second kappa shape index (κ2) is 5.72. The van der Waals surface area contributed by atoms with Crippen LogP contribution >= 0.6 is 0 Å². The molecule has 0 spiro atoms. The molecule has 5 nitrogen and oxygen atoms in total. The molecule has 0 unspecified atom stereocenters. The minimum atomic E-state index is -0.287. The number of hydrogen-bond donors (Lipinski definition) is 0. The Morgan fingerprint density at radius 2 is 1.57 bits per heavy atom. The zero-order valence-electron chi connectivity index (χ0n) is 14.5. The van der Waals surface area contributed by atoms with Crippen LogP contribution in [0, 0.1) is 16.0 Å². The Hall–Kier alpha value is -2.30. The maximum atomic E-state index is 12.8. The van der Waals surface area contributed by atoms with Crippen molar-refractivity contribution in [3.05, 3.63) is 47.1 Å². The highest BCUT2D eigenvalue weighted by molar-refractivity contribution is 6.23. The summed E-state index contributed by atoms with van der Waals surface area (Å²) in [5.74, 6) is 0.379. The molecule has 5 heteroatoms. The summed E-state index contributed by atoms with van der Waals surface area (Å²) < 4.78 is 0.656. The van der Waals surface area contributed by atoms with Gasteiger partial charge in [0.1, 0.15) is 0 Å². The minimum absolute atomic E-state index is 0.0591. The number of carbonyl (C=O) groups is 1. The van der Waals surface area contributed by atoms with E-state index in [1.807, 2.05) is 41.5 Å². The Labute approximate surface area is 137 Å². The molecule has 0 saturated carbocycles. The van der Waals surface area contributed by atoms with Gasteiger partial charge in [0.15, 0.2) is 12.0 Å². The summed E-state index contributed by atoms with van der Waals surface area (Å²) in [6.07, 6.45) is 7.60. The third-order valence-corrected chi connectivity index (χ3v) is 3.60. The van der Waals surface area contributed by atoms with E-state index in [9.17, 15) is 10.0 Å². The third kappa shape index (κ3) is 3.92. The van der Waals surface area contributed by atoms with Crippen molar-refractivity contribution in [2.24, 2.45) is 15.8 Å². The largest absolute Gasteiger partial charge is 0.619 e. The molecule has 0 N–H and O–H groups in total. The molecule has 2 rings (SSSR count). The SMILES string of the molecule is CC(C)(C)C1=CC(=Nc2c[n+]([O-])ccn2)C=C(C(C)(C)C)C1=O. The number of carbonyl (C=O) groups excluding carboxylic acids is 1. The van der Waals surface area contributed by atoms with Crippen molar-refractivity contribution in [1.29, 1.82) is 0 Å². The van der Waals surface area contributed by atoms with E-state index in [4.69, 9.17) is 0 Å². The fourth-order valence-corrected chi connectivity index (χ4v) is 2.35. The maximum absolute atomic E-state index is 12.8. The topological polar surface area (TPSA) is 69.3 Å². The van der Waals surface area contributed by atoms with Crippen molar-refractivity contribution in [2.75, 3.05) is 0 Å². The molecular formula is C18H23N3O2. The lowest BCUT2D eigenvalue weighted by molar-refractivity contribution is -0.605. The highest BCUT2D eigenvalue weighted by Crippen LogP contribution is 2.37. The van der Waals surface area contributed by atoms with Crippen molar-refractivity contribution in [3.63, 3.8) is 0 Å². The molecule has 1 heterocycles. The van der Waals surface area contributed by atoms with Crippen LogP contribution in [-0.4, -0.2) is 16.5 Å². The van der Waals surface area contributed by atoms with E-state index < -0.39 is 0 Å². The summed E-state index contributed by atoms with van der Waals surface area (Å²) in [7, 11) is 0. The smallest absolute Gasteiger partial charge is 0.225 e. The van der Waals surface area contributed by atoms with Crippen LogP contribution < -0.4 is 4.73 Å². The second-order valence-electron chi connectivity index (χ2n) is 7.76. The number of ketones is 1. The van der Waals surface area contributed by atoms with Gasteiger partial charge in [-0.25, -0.2) is 9.98 Å². The fraction of sp³-hybridized carbons (Fsp3) is 0.444. The first kappa shape index (κ1) is 17.1. The summed E-state index contributed by atoms with van der Waals surface area (Å²) in [5, 5.41) is 11.4. The van der Waals surface area contributed by atoms with E-state index in [1.165, 1.54) is 18.6 Å². The first-order valence-corrected chi connectivity index (χ1v) is 7.61. The molecule has 0 radical (unpaired) electrons. The molecule has 0 atom stereocenters. The molecule has 0 aliphatic heterocycles. The number of rotatable bonds is 1. The number of hydrogen-bond acceptors (Lipinski definition) is 4.